The monoisotopic (exact) mass is 547 g/mol. The van der Waals surface area contributed by atoms with Crippen LogP contribution < -0.4 is 8.61 Å². The van der Waals surface area contributed by atoms with Crippen LogP contribution in [0.4, 0.5) is 25.1 Å². The number of piperidine rings is 1. The van der Waals surface area contributed by atoms with Crippen molar-refractivity contribution < 1.29 is 27.1 Å². The van der Waals surface area contributed by atoms with E-state index < -0.39 is 28.1 Å². The van der Waals surface area contributed by atoms with Gasteiger partial charge in [-0.05, 0) is 55.5 Å². The van der Waals surface area contributed by atoms with Gasteiger partial charge in [0.15, 0.2) is 5.82 Å². The van der Waals surface area contributed by atoms with Gasteiger partial charge in [-0.25, -0.2) is 27.2 Å². The predicted octanol–water partition coefficient (Wildman–Crippen LogP) is 3.93. The number of anilines is 2. The summed E-state index contributed by atoms with van der Waals surface area (Å²) in [7, 11) is -2.56. The second-order valence-corrected chi connectivity index (χ2v) is 12.9. The number of halogens is 2. The smallest absolute Gasteiger partial charge is 0.407 e. The van der Waals surface area contributed by atoms with Crippen LogP contribution in [0.3, 0.4) is 0 Å². The molecule has 1 aliphatic carbocycles. The molecule has 0 bridgehead atoms. The molecule has 3 fully saturated rings. The van der Waals surface area contributed by atoms with E-state index in [0.29, 0.717) is 17.9 Å². The lowest BCUT2D eigenvalue weighted by Crippen LogP contribution is -2.65. The Morgan fingerprint density at radius 2 is 1.82 bits per heavy atom. The van der Waals surface area contributed by atoms with Crippen molar-refractivity contribution in [3.8, 4) is 11.3 Å². The molecule has 1 spiro atoms. The third kappa shape index (κ3) is 4.00. The van der Waals surface area contributed by atoms with Gasteiger partial charge in [0, 0.05) is 57.7 Å². The second-order valence-electron chi connectivity index (χ2n) is 11.0. The molecule has 6 rings (SSSR count). The molecule has 1 aromatic heterocycles. The molecule has 0 radical (unpaired) electrons. The van der Waals surface area contributed by atoms with Crippen LogP contribution in [0.2, 0.25) is 0 Å². The number of rotatable bonds is 5. The average Bonchev–Trinajstić information content (AvgIpc) is 3.42. The number of nitrogens with zero attached hydrogens (tertiary/aromatic N) is 5. The van der Waals surface area contributed by atoms with Gasteiger partial charge < -0.3 is 10.0 Å². The zero-order valence-electron chi connectivity index (χ0n) is 21.4. The first-order valence-electron chi connectivity index (χ1n) is 12.9. The highest BCUT2D eigenvalue weighted by Crippen LogP contribution is 2.51. The fourth-order valence-electron chi connectivity index (χ4n) is 6.05. The first-order chi connectivity index (χ1) is 17.9. The Hall–Kier alpha value is -2.99. The van der Waals surface area contributed by atoms with Gasteiger partial charge in [-0.2, -0.15) is 8.42 Å². The Kier molecular flexibility index (Phi) is 5.66. The number of aryl methyl sites for hydroxylation is 1. The van der Waals surface area contributed by atoms with E-state index in [4.69, 9.17) is 0 Å². The minimum Gasteiger partial charge on any atom is -0.465 e. The number of pyridine rings is 1. The fourth-order valence-corrected chi connectivity index (χ4v) is 7.45. The highest BCUT2D eigenvalue weighted by molar-refractivity contribution is 7.94. The zero-order chi connectivity index (χ0) is 27.0. The average molecular weight is 548 g/mol. The van der Waals surface area contributed by atoms with Crippen molar-refractivity contribution in [2.45, 2.75) is 50.6 Å². The lowest BCUT2D eigenvalue weighted by Gasteiger charge is -2.55. The van der Waals surface area contributed by atoms with Crippen molar-refractivity contribution in [3.63, 3.8) is 0 Å². The molecule has 1 atom stereocenters. The van der Waals surface area contributed by atoms with Crippen LogP contribution >= 0.6 is 0 Å². The van der Waals surface area contributed by atoms with Crippen LogP contribution in [0.5, 0.6) is 0 Å². The van der Waals surface area contributed by atoms with Crippen molar-refractivity contribution >= 4 is 27.8 Å². The number of carboxylic acid groups (broad SMARTS) is 1. The van der Waals surface area contributed by atoms with Gasteiger partial charge >= 0.3 is 16.3 Å². The predicted molar refractivity (Wildman–Crippen MR) is 139 cm³/mol. The molecule has 38 heavy (non-hydrogen) atoms. The molecule has 4 aliphatic rings. The third-order valence-electron chi connectivity index (χ3n) is 8.76. The number of hydrogen-bond acceptors (Lipinski definition) is 5. The summed E-state index contributed by atoms with van der Waals surface area (Å²) >= 11 is 0. The largest absolute Gasteiger partial charge is 0.465 e. The van der Waals surface area contributed by atoms with Gasteiger partial charge in [0.1, 0.15) is 0 Å². The number of carbonyl (C=O) groups is 1. The third-order valence-corrected chi connectivity index (χ3v) is 10.5. The summed E-state index contributed by atoms with van der Waals surface area (Å²) < 4.78 is 55.1. The quantitative estimate of drug-likeness (QED) is 0.609. The molecule has 2 aromatic rings. The van der Waals surface area contributed by atoms with E-state index in [-0.39, 0.29) is 24.3 Å². The van der Waals surface area contributed by atoms with E-state index in [1.807, 2.05) is 13.0 Å². The molecule has 4 heterocycles. The summed E-state index contributed by atoms with van der Waals surface area (Å²) in [5.41, 5.74) is 3.70. The minimum absolute atomic E-state index is 0.204. The van der Waals surface area contributed by atoms with Crippen LogP contribution in [-0.2, 0) is 16.8 Å². The molecule has 1 saturated carbocycles. The fraction of sp³-hybridized carbons (Fsp3) is 0.538. The first-order valence-corrected chi connectivity index (χ1v) is 14.3. The van der Waals surface area contributed by atoms with E-state index in [1.54, 1.807) is 17.0 Å². The molecule has 2 saturated heterocycles. The van der Waals surface area contributed by atoms with E-state index in [0.717, 1.165) is 64.2 Å². The zero-order valence-corrected chi connectivity index (χ0v) is 22.2. The second kappa shape index (κ2) is 8.51. The first kappa shape index (κ1) is 25.3. The summed E-state index contributed by atoms with van der Waals surface area (Å²) in [5.74, 6) is -3.55. The molecule has 9 nitrogen and oxygen atoms in total. The molecule has 204 valence electrons. The highest BCUT2D eigenvalue weighted by atomic mass is 32.2. The SMILES string of the molecule is Cc1ccc(CN2CCC3(CC2)CCN3C(=O)O)cc1-c1ccc2c(n1)N(C)S(=O)(=O)N2CC1CC1(F)F. The van der Waals surface area contributed by atoms with Crippen LogP contribution in [0.25, 0.3) is 11.3 Å². The maximum atomic E-state index is 13.5. The van der Waals surface area contributed by atoms with Gasteiger partial charge in [0.25, 0.3) is 5.92 Å². The van der Waals surface area contributed by atoms with E-state index in [2.05, 4.69) is 22.0 Å². The van der Waals surface area contributed by atoms with Crippen molar-refractivity contribution in [1.82, 2.24) is 14.8 Å². The van der Waals surface area contributed by atoms with Gasteiger partial charge in [0.05, 0.1) is 16.9 Å². The molecule has 1 aromatic carbocycles. The lowest BCUT2D eigenvalue weighted by atomic mass is 9.76. The Bertz CT molecular complexity index is 1410. The van der Waals surface area contributed by atoms with Crippen molar-refractivity contribution in [1.29, 1.82) is 0 Å². The van der Waals surface area contributed by atoms with Gasteiger partial charge in [-0.3, -0.25) is 4.90 Å². The normalized spacial score (nSPS) is 24.8. The molecular formula is C26H31F2N5O4S. The Labute approximate surface area is 220 Å². The maximum Gasteiger partial charge on any atom is 0.407 e. The van der Waals surface area contributed by atoms with Gasteiger partial charge in [-0.1, -0.05) is 12.1 Å². The summed E-state index contributed by atoms with van der Waals surface area (Å²) in [5, 5.41) is 9.43. The summed E-state index contributed by atoms with van der Waals surface area (Å²) in [4.78, 5) is 20.1. The summed E-state index contributed by atoms with van der Waals surface area (Å²) in [6.45, 7) is 4.69. The topological polar surface area (TPSA) is 97.3 Å². The number of alkyl halides is 2. The number of likely N-dealkylation sites (tertiary alicyclic amines) is 2. The van der Waals surface area contributed by atoms with Crippen LogP contribution in [0.15, 0.2) is 30.3 Å². The number of amides is 1. The van der Waals surface area contributed by atoms with E-state index in [9.17, 15) is 27.1 Å². The maximum absolute atomic E-state index is 13.5. The van der Waals surface area contributed by atoms with E-state index in [1.165, 1.54) is 7.05 Å². The number of aromatic nitrogens is 1. The summed E-state index contributed by atoms with van der Waals surface area (Å²) in [6, 6.07) is 9.55. The van der Waals surface area contributed by atoms with E-state index >= 15 is 0 Å². The van der Waals surface area contributed by atoms with Gasteiger partial charge in [0.2, 0.25) is 0 Å². The standard InChI is InChI=1S/C26H31F2N5O4S/c1-17-3-4-18(15-31-10-7-25(8-11-31)9-12-32(25)24(34)35)13-20(17)21-5-6-22-23(29-21)30(2)38(36,37)33(22)16-19-14-26(19,27)28/h3-6,13,19H,7-12,14-16H2,1-2H3,(H,34,35). The lowest BCUT2D eigenvalue weighted by molar-refractivity contribution is -0.0424. The van der Waals surface area contributed by atoms with Crippen LogP contribution in [0, 0.1) is 12.8 Å². The number of hydrogen-bond donors (Lipinski definition) is 1. The van der Waals surface area contributed by atoms with Gasteiger partial charge in [-0.15, -0.1) is 0 Å². The molecule has 1 unspecified atom stereocenters. The minimum atomic E-state index is -3.96. The number of fused-ring (bicyclic) bond motifs is 1. The number of benzene rings is 1. The van der Waals surface area contributed by atoms with Crippen LogP contribution in [0.1, 0.15) is 36.8 Å². The molecule has 12 heteroatoms. The van der Waals surface area contributed by atoms with Crippen molar-refractivity contribution in [2.75, 3.05) is 41.8 Å². The summed E-state index contributed by atoms with van der Waals surface area (Å²) in [6.07, 6.45) is 1.45. The van der Waals surface area contributed by atoms with Crippen molar-refractivity contribution in [2.24, 2.45) is 5.92 Å². The molecular weight excluding hydrogens is 516 g/mol. The van der Waals surface area contributed by atoms with Crippen molar-refractivity contribution in [3.05, 3.63) is 41.5 Å². The Morgan fingerprint density at radius 1 is 1.13 bits per heavy atom. The Morgan fingerprint density at radius 3 is 2.42 bits per heavy atom. The van der Waals surface area contributed by atoms with Crippen LogP contribution in [-0.4, -0.2) is 79.1 Å². The Balaban J connectivity index is 1.20. The highest BCUT2D eigenvalue weighted by Gasteiger charge is 2.59. The molecule has 3 aliphatic heterocycles. The molecule has 1 N–H and O–H groups in total. The molecule has 1 amide bonds.